The monoisotopic (exact) mass is 488 g/mol. The normalized spacial score (nSPS) is 12.1. The predicted molar refractivity (Wildman–Crippen MR) is 132 cm³/mol. The van der Waals surface area contributed by atoms with Crippen molar-refractivity contribution in [2.24, 2.45) is 0 Å². The van der Waals surface area contributed by atoms with E-state index in [4.69, 9.17) is 0 Å². The van der Waals surface area contributed by atoms with Gasteiger partial charge in [0.2, 0.25) is 0 Å². The van der Waals surface area contributed by atoms with Crippen LogP contribution in [0.4, 0.5) is 5.82 Å². The minimum atomic E-state index is -0.431. The van der Waals surface area contributed by atoms with Gasteiger partial charge in [-0.2, -0.15) is 0 Å². The first-order valence-corrected chi connectivity index (χ1v) is 11.7. The van der Waals surface area contributed by atoms with Crippen molar-refractivity contribution in [1.29, 1.82) is 0 Å². The number of thiazole rings is 1. The molecule has 0 aliphatic heterocycles. The van der Waals surface area contributed by atoms with Crippen LogP contribution in [0.15, 0.2) is 55.5 Å². The van der Waals surface area contributed by atoms with Crippen LogP contribution in [0.25, 0.3) is 11.3 Å². The highest BCUT2D eigenvalue weighted by Gasteiger charge is 2.20. The molecule has 0 fully saturated rings. The van der Waals surface area contributed by atoms with Gasteiger partial charge in [0.25, 0.3) is 11.8 Å². The standard InChI is InChI=1S/C24H24N8O2S/c1-14(31-21(33)17-9-16(27-12-28-17)15-5-7-25-8-6-15)23-26-11-18(35-23)22(34)32-20-10-19(24(2,3)4)29-13-30-20/h5-14H,1-4H3,(H,31,33)(H,29,30,32,34). The fourth-order valence-corrected chi connectivity index (χ4v) is 3.92. The van der Waals surface area contributed by atoms with Crippen LogP contribution in [0.3, 0.4) is 0 Å². The summed E-state index contributed by atoms with van der Waals surface area (Å²) in [6, 6.07) is 6.55. The first-order chi connectivity index (χ1) is 16.7. The SMILES string of the molecule is CC(NC(=O)c1cc(-c2ccncc2)ncn1)c1ncc(C(=O)Nc2cc(C(C)(C)C)ncn2)s1. The molecule has 2 N–H and O–H groups in total. The molecule has 0 aliphatic rings. The summed E-state index contributed by atoms with van der Waals surface area (Å²) < 4.78 is 0. The molecule has 4 aromatic rings. The van der Waals surface area contributed by atoms with E-state index in [2.05, 4.69) is 40.5 Å². The van der Waals surface area contributed by atoms with E-state index in [1.807, 2.05) is 20.8 Å². The Bertz CT molecular complexity index is 1350. The van der Waals surface area contributed by atoms with Crippen LogP contribution in [0.5, 0.6) is 0 Å². The minimum absolute atomic E-state index is 0.170. The Morgan fingerprint density at radius 3 is 2.43 bits per heavy atom. The molecule has 0 saturated heterocycles. The predicted octanol–water partition coefficient (Wildman–Crippen LogP) is 3.83. The molecule has 0 aromatic carbocycles. The average molecular weight is 489 g/mol. The molecule has 4 aromatic heterocycles. The van der Waals surface area contributed by atoms with Crippen LogP contribution in [0.2, 0.25) is 0 Å². The maximum absolute atomic E-state index is 12.8. The summed E-state index contributed by atoms with van der Waals surface area (Å²) in [6.07, 6.45) is 7.57. The third-order valence-corrected chi connectivity index (χ3v) is 6.20. The van der Waals surface area contributed by atoms with Gasteiger partial charge in [0.15, 0.2) is 0 Å². The van der Waals surface area contributed by atoms with E-state index < -0.39 is 6.04 Å². The van der Waals surface area contributed by atoms with Gasteiger partial charge in [0.05, 0.1) is 23.6 Å². The van der Waals surface area contributed by atoms with Crippen LogP contribution >= 0.6 is 11.3 Å². The van der Waals surface area contributed by atoms with Gasteiger partial charge >= 0.3 is 0 Å². The average Bonchev–Trinajstić information content (AvgIpc) is 3.35. The molecule has 11 heteroatoms. The molecule has 4 rings (SSSR count). The summed E-state index contributed by atoms with van der Waals surface area (Å²) in [4.78, 5) is 50.9. The molecule has 0 radical (unpaired) electrons. The van der Waals surface area contributed by atoms with Gasteiger partial charge in [-0.05, 0) is 25.1 Å². The fourth-order valence-electron chi connectivity index (χ4n) is 3.10. The second-order valence-electron chi connectivity index (χ2n) is 8.77. The van der Waals surface area contributed by atoms with Gasteiger partial charge in [0.1, 0.15) is 34.1 Å². The number of pyridine rings is 1. The third kappa shape index (κ3) is 5.87. The lowest BCUT2D eigenvalue weighted by molar-refractivity contribution is 0.0934. The number of amides is 2. The largest absolute Gasteiger partial charge is 0.342 e. The van der Waals surface area contributed by atoms with E-state index in [1.165, 1.54) is 30.2 Å². The number of nitrogens with zero attached hydrogens (tertiary/aromatic N) is 6. The molecular formula is C24H24N8O2S. The van der Waals surface area contributed by atoms with Crippen molar-refractivity contribution in [2.45, 2.75) is 39.2 Å². The number of rotatable bonds is 6. The number of anilines is 1. The van der Waals surface area contributed by atoms with Gasteiger partial charge in [-0.25, -0.2) is 24.9 Å². The molecule has 178 valence electrons. The molecule has 0 bridgehead atoms. The van der Waals surface area contributed by atoms with Crippen molar-refractivity contribution in [2.75, 3.05) is 5.32 Å². The lowest BCUT2D eigenvalue weighted by Crippen LogP contribution is -2.27. The van der Waals surface area contributed by atoms with Gasteiger partial charge in [0, 0.05) is 29.4 Å². The highest BCUT2D eigenvalue weighted by molar-refractivity contribution is 7.13. The summed E-state index contributed by atoms with van der Waals surface area (Å²) in [6.45, 7) is 7.90. The van der Waals surface area contributed by atoms with Crippen molar-refractivity contribution in [3.8, 4) is 11.3 Å². The van der Waals surface area contributed by atoms with Crippen LogP contribution in [0, 0.1) is 0 Å². The number of hydrogen-bond acceptors (Lipinski definition) is 9. The Hall–Kier alpha value is -4.12. The lowest BCUT2D eigenvalue weighted by atomic mass is 9.92. The molecule has 4 heterocycles. The quantitative estimate of drug-likeness (QED) is 0.418. The molecule has 0 spiro atoms. The Morgan fingerprint density at radius 2 is 1.69 bits per heavy atom. The van der Waals surface area contributed by atoms with Crippen molar-refractivity contribution in [1.82, 2.24) is 35.2 Å². The molecule has 35 heavy (non-hydrogen) atoms. The number of aromatic nitrogens is 6. The maximum atomic E-state index is 12.8. The van der Waals surface area contributed by atoms with E-state index in [0.717, 1.165) is 11.3 Å². The summed E-state index contributed by atoms with van der Waals surface area (Å²) in [7, 11) is 0. The maximum Gasteiger partial charge on any atom is 0.270 e. The fraction of sp³-hybridized carbons (Fsp3) is 0.250. The van der Waals surface area contributed by atoms with Crippen LogP contribution in [-0.2, 0) is 5.41 Å². The summed E-state index contributed by atoms with van der Waals surface area (Å²) >= 11 is 1.19. The number of hydrogen-bond donors (Lipinski definition) is 2. The van der Waals surface area contributed by atoms with Crippen LogP contribution < -0.4 is 10.6 Å². The second kappa shape index (κ2) is 10.0. The summed E-state index contributed by atoms with van der Waals surface area (Å²) in [5.74, 6) is -0.282. The van der Waals surface area contributed by atoms with Gasteiger partial charge in [-0.3, -0.25) is 14.6 Å². The first kappa shape index (κ1) is 24.0. The molecule has 1 atom stereocenters. The van der Waals surface area contributed by atoms with E-state index in [1.54, 1.807) is 43.6 Å². The van der Waals surface area contributed by atoms with Gasteiger partial charge < -0.3 is 10.6 Å². The van der Waals surface area contributed by atoms with Crippen LogP contribution in [0.1, 0.15) is 64.6 Å². The Morgan fingerprint density at radius 1 is 0.943 bits per heavy atom. The topological polar surface area (TPSA) is 136 Å². The lowest BCUT2D eigenvalue weighted by Gasteiger charge is -2.17. The molecule has 0 aliphatic carbocycles. The molecule has 2 amide bonds. The van der Waals surface area contributed by atoms with Gasteiger partial charge in [-0.15, -0.1) is 11.3 Å². The number of carbonyl (C=O) groups is 2. The zero-order valence-electron chi connectivity index (χ0n) is 19.7. The zero-order valence-corrected chi connectivity index (χ0v) is 20.5. The zero-order chi connectivity index (χ0) is 25.0. The van der Waals surface area contributed by atoms with Crippen molar-refractivity contribution in [3.63, 3.8) is 0 Å². The highest BCUT2D eigenvalue weighted by atomic mass is 32.1. The second-order valence-corrected chi connectivity index (χ2v) is 9.84. The minimum Gasteiger partial charge on any atom is -0.342 e. The molecule has 10 nitrogen and oxygen atoms in total. The van der Waals surface area contributed by atoms with Crippen LogP contribution in [-0.4, -0.2) is 41.7 Å². The number of carbonyl (C=O) groups excluding carboxylic acids is 2. The third-order valence-electron chi connectivity index (χ3n) is 5.02. The van der Waals surface area contributed by atoms with E-state index >= 15 is 0 Å². The van der Waals surface area contributed by atoms with E-state index in [-0.39, 0.29) is 22.9 Å². The Kier molecular flexibility index (Phi) is 6.87. The molecule has 1 unspecified atom stereocenters. The van der Waals surface area contributed by atoms with E-state index in [0.29, 0.717) is 21.4 Å². The summed E-state index contributed by atoms with van der Waals surface area (Å²) in [5.41, 5.74) is 2.33. The number of nitrogens with one attached hydrogen (secondary N) is 2. The molecular weight excluding hydrogens is 464 g/mol. The van der Waals surface area contributed by atoms with Crippen molar-refractivity contribution >= 4 is 29.0 Å². The van der Waals surface area contributed by atoms with Crippen molar-refractivity contribution < 1.29 is 9.59 Å². The Balaban J connectivity index is 1.42. The summed E-state index contributed by atoms with van der Waals surface area (Å²) in [5, 5.41) is 6.24. The highest BCUT2D eigenvalue weighted by Crippen LogP contribution is 2.24. The van der Waals surface area contributed by atoms with Gasteiger partial charge in [-0.1, -0.05) is 20.8 Å². The smallest absolute Gasteiger partial charge is 0.270 e. The Labute approximate surface area is 206 Å². The van der Waals surface area contributed by atoms with E-state index in [9.17, 15) is 9.59 Å². The molecule has 0 saturated carbocycles. The van der Waals surface area contributed by atoms with Crippen molar-refractivity contribution in [3.05, 3.63) is 76.8 Å². The first-order valence-electron chi connectivity index (χ1n) is 10.8.